The fourth-order valence-electron chi connectivity index (χ4n) is 2.05. The molecule has 3 nitrogen and oxygen atoms in total. The zero-order chi connectivity index (χ0) is 10.3. The number of hydrogen-bond acceptors (Lipinski definition) is 2. The van der Waals surface area contributed by atoms with Crippen LogP contribution in [-0.4, -0.2) is 29.4 Å². The Hall–Kier alpha value is -1.38. The summed E-state index contributed by atoms with van der Waals surface area (Å²) < 4.78 is 0. The van der Waals surface area contributed by atoms with Crippen molar-refractivity contribution in [2.24, 2.45) is 0 Å². The van der Waals surface area contributed by atoms with E-state index < -0.39 is 0 Å². The van der Waals surface area contributed by atoms with Crippen molar-refractivity contribution in [3.63, 3.8) is 0 Å². The molecule has 2 heterocycles. The standard InChI is InChI=1S/C11H14N2O/c1-11(2)7-13(3)10(14)9-8(11)5-4-6-12-9/h4-6H,7H2,1-3H3. The van der Waals surface area contributed by atoms with E-state index in [1.807, 2.05) is 19.2 Å². The topological polar surface area (TPSA) is 33.2 Å². The molecule has 1 aromatic heterocycles. The molecule has 0 N–H and O–H groups in total. The maximum absolute atomic E-state index is 11.8. The fraction of sp³-hybridized carbons (Fsp3) is 0.455. The van der Waals surface area contributed by atoms with Crippen LogP contribution in [0.5, 0.6) is 0 Å². The third-order valence-electron chi connectivity index (χ3n) is 2.72. The van der Waals surface area contributed by atoms with Crippen molar-refractivity contribution >= 4 is 5.91 Å². The number of hydrogen-bond donors (Lipinski definition) is 0. The zero-order valence-corrected chi connectivity index (χ0v) is 8.74. The van der Waals surface area contributed by atoms with E-state index in [0.717, 1.165) is 12.1 Å². The molecular weight excluding hydrogens is 176 g/mol. The number of rotatable bonds is 0. The molecular formula is C11H14N2O. The monoisotopic (exact) mass is 190 g/mol. The SMILES string of the molecule is CN1CC(C)(C)c2cccnc2C1=O. The van der Waals surface area contributed by atoms with Crippen LogP contribution in [0.15, 0.2) is 18.3 Å². The van der Waals surface area contributed by atoms with Crippen LogP contribution in [0.25, 0.3) is 0 Å². The predicted molar refractivity (Wildman–Crippen MR) is 54.2 cm³/mol. The minimum Gasteiger partial charge on any atom is -0.339 e. The van der Waals surface area contributed by atoms with Crippen LogP contribution in [0.2, 0.25) is 0 Å². The molecule has 1 aliphatic rings. The lowest BCUT2D eigenvalue weighted by Gasteiger charge is -2.36. The lowest BCUT2D eigenvalue weighted by molar-refractivity contribution is 0.0729. The highest BCUT2D eigenvalue weighted by Gasteiger charge is 2.35. The van der Waals surface area contributed by atoms with Gasteiger partial charge in [-0.25, -0.2) is 0 Å². The third kappa shape index (κ3) is 1.20. The van der Waals surface area contributed by atoms with Crippen molar-refractivity contribution in [1.82, 2.24) is 9.88 Å². The molecule has 14 heavy (non-hydrogen) atoms. The van der Waals surface area contributed by atoms with Gasteiger partial charge in [0.1, 0.15) is 5.69 Å². The Morgan fingerprint density at radius 3 is 2.93 bits per heavy atom. The molecule has 0 unspecified atom stereocenters. The number of likely N-dealkylation sites (N-methyl/N-ethyl adjacent to an activating group) is 1. The minimum atomic E-state index is 0.00620. The van der Waals surface area contributed by atoms with Crippen molar-refractivity contribution < 1.29 is 4.79 Å². The Labute approximate surface area is 83.8 Å². The number of amides is 1. The smallest absolute Gasteiger partial charge is 0.272 e. The summed E-state index contributed by atoms with van der Waals surface area (Å²) in [6, 6.07) is 3.88. The van der Waals surface area contributed by atoms with Crippen molar-refractivity contribution in [3.8, 4) is 0 Å². The number of pyridine rings is 1. The molecule has 0 atom stereocenters. The highest BCUT2D eigenvalue weighted by molar-refractivity contribution is 5.95. The van der Waals surface area contributed by atoms with Crippen molar-refractivity contribution in [3.05, 3.63) is 29.6 Å². The van der Waals surface area contributed by atoms with Crippen molar-refractivity contribution in [2.75, 3.05) is 13.6 Å². The molecule has 3 heteroatoms. The normalized spacial score (nSPS) is 19.4. The van der Waals surface area contributed by atoms with E-state index in [2.05, 4.69) is 18.8 Å². The Kier molecular flexibility index (Phi) is 1.84. The molecule has 0 aliphatic carbocycles. The van der Waals surface area contributed by atoms with Crippen LogP contribution < -0.4 is 0 Å². The average molecular weight is 190 g/mol. The minimum absolute atomic E-state index is 0.00620. The maximum Gasteiger partial charge on any atom is 0.272 e. The van der Waals surface area contributed by atoms with E-state index in [4.69, 9.17) is 0 Å². The molecule has 0 radical (unpaired) electrons. The summed E-state index contributed by atoms with van der Waals surface area (Å²) in [7, 11) is 1.82. The Balaban J connectivity index is 2.62. The second-order valence-electron chi connectivity index (χ2n) is 4.44. The largest absolute Gasteiger partial charge is 0.339 e. The summed E-state index contributed by atoms with van der Waals surface area (Å²) in [5.74, 6) is 0.0277. The summed E-state index contributed by atoms with van der Waals surface area (Å²) >= 11 is 0. The molecule has 0 aromatic carbocycles. The van der Waals surface area contributed by atoms with Gasteiger partial charge in [-0.15, -0.1) is 0 Å². The fourth-order valence-corrected chi connectivity index (χ4v) is 2.05. The predicted octanol–water partition coefficient (Wildman–Crippen LogP) is 1.44. The van der Waals surface area contributed by atoms with Crippen molar-refractivity contribution in [2.45, 2.75) is 19.3 Å². The van der Waals surface area contributed by atoms with E-state index >= 15 is 0 Å². The van der Waals surface area contributed by atoms with Gasteiger partial charge >= 0.3 is 0 Å². The second kappa shape index (κ2) is 2.80. The van der Waals surface area contributed by atoms with Crippen LogP contribution >= 0.6 is 0 Å². The van der Waals surface area contributed by atoms with Crippen LogP contribution in [0.4, 0.5) is 0 Å². The zero-order valence-electron chi connectivity index (χ0n) is 8.74. The summed E-state index contributed by atoms with van der Waals surface area (Å²) in [5.41, 5.74) is 1.67. The van der Waals surface area contributed by atoms with Gasteiger partial charge in [-0.2, -0.15) is 0 Å². The highest BCUT2D eigenvalue weighted by atomic mass is 16.2. The van der Waals surface area contributed by atoms with Crippen molar-refractivity contribution in [1.29, 1.82) is 0 Å². The Bertz CT molecular complexity index is 385. The first kappa shape index (κ1) is 9.19. The van der Waals surface area contributed by atoms with Crippen LogP contribution in [0.1, 0.15) is 29.9 Å². The van der Waals surface area contributed by atoms with Crippen LogP contribution in [-0.2, 0) is 5.41 Å². The van der Waals surface area contributed by atoms with E-state index in [1.165, 1.54) is 0 Å². The summed E-state index contributed by atoms with van der Waals surface area (Å²) in [4.78, 5) is 17.7. The average Bonchev–Trinajstić information content (AvgIpc) is 2.14. The molecule has 1 amide bonds. The number of aromatic nitrogens is 1. The lowest BCUT2D eigenvalue weighted by atomic mass is 9.80. The first-order valence-corrected chi connectivity index (χ1v) is 4.73. The molecule has 74 valence electrons. The molecule has 2 rings (SSSR count). The molecule has 0 fully saturated rings. The highest BCUT2D eigenvalue weighted by Crippen LogP contribution is 2.30. The first-order valence-electron chi connectivity index (χ1n) is 4.73. The number of carbonyl (C=O) groups is 1. The molecule has 0 bridgehead atoms. The van der Waals surface area contributed by atoms with E-state index in [0.29, 0.717) is 5.69 Å². The second-order valence-corrected chi connectivity index (χ2v) is 4.44. The lowest BCUT2D eigenvalue weighted by Crippen LogP contribution is -2.45. The van der Waals surface area contributed by atoms with Gasteiger partial charge in [-0.3, -0.25) is 9.78 Å². The summed E-state index contributed by atoms with van der Waals surface area (Å²) in [5, 5.41) is 0. The van der Waals surface area contributed by atoms with Gasteiger partial charge in [0.25, 0.3) is 5.91 Å². The van der Waals surface area contributed by atoms with Gasteiger partial charge in [0.05, 0.1) is 0 Å². The van der Waals surface area contributed by atoms with E-state index in [1.54, 1.807) is 11.1 Å². The number of fused-ring (bicyclic) bond motifs is 1. The first-order chi connectivity index (χ1) is 6.52. The molecule has 0 saturated heterocycles. The summed E-state index contributed by atoms with van der Waals surface area (Å²) in [6.45, 7) is 5.03. The van der Waals surface area contributed by atoms with E-state index in [9.17, 15) is 4.79 Å². The maximum atomic E-state index is 11.8. The van der Waals surface area contributed by atoms with Gasteiger partial charge in [0.2, 0.25) is 0 Å². The Morgan fingerprint density at radius 2 is 2.21 bits per heavy atom. The number of nitrogens with zero attached hydrogens (tertiary/aromatic N) is 2. The number of carbonyl (C=O) groups excluding carboxylic acids is 1. The summed E-state index contributed by atoms with van der Waals surface area (Å²) in [6.07, 6.45) is 1.67. The van der Waals surface area contributed by atoms with Gasteiger partial charge < -0.3 is 4.90 Å². The Morgan fingerprint density at radius 1 is 1.50 bits per heavy atom. The van der Waals surface area contributed by atoms with Gasteiger partial charge in [0.15, 0.2) is 0 Å². The molecule has 0 saturated carbocycles. The quantitative estimate of drug-likeness (QED) is 0.620. The van der Waals surface area contributed by atoms with Gasteiger partial charge in [0, 0.05) is 25.2 Å². The third-order valence-corrected chi connectivity index (χ3v) is 2.72. The molecule has 0 spiro atoms. The van der Waals surface area contributed by atoms with E-state index in [-0.39, 0.29) is 11.3 Å². The van der Waals surface area contributed by atoms with Gasteiger partial charge in [-0.1, -0.05) is 19.9 Å². The molecule has 1 aliphatic heterocycles. The van der Waals surface area contributed by atoms with Gasteiger partial charge in [-0.05, 0) is 11.6 Å². The van der Waals surface area contributed by atoms with Crippen LogP contribution in [0, 0.1) is 0 Å². The van der Waals surface area contributed by atoms with Crippen LogP contribution in [0.3, 0.4) is 0 Å². The molecule has 1 aromatic rings.